The molecule has 83 heavy (non-hydrogen) atoms. The highest BCUT2D eigenvalue weighted by Gasteiger charge is 2.33. The Hall–Kier alpha value is -7.12. The lowest BCUT2D eigenvalue weighted by Gasteiger charge is -2.26. The Labute approximate surface area is 496 Å². The zero-order valence-corrected chi connectivity index (χ0v) is 54.6. The van der Waals surface area contributed by atoms with E-state index in [9.17, 15) is 10.1 Å². The van der Waals surface area contributed by atoms with Gasteiger partial charge in [-0.05, 0) is 146 Å². The van der Waals surface area contributed by atoms with Gasteiger partial charge in [0.25, 0.3) is 5.70 Å². The van der Waals surface area contributed by atoms with Crippen molar-refractivity contribution in [1.82, 2.24) is 19.9 Å². The molecule has 0 atom stereocenters. The van der Waals surface area contributed by atoms with E-state index in [0.717, 1.165) is 89.1 Å². The van der Waals surface area contributed by atoms with E-state index in [4.69, 9.17) is 9.97 Å². The first-order valence-corrected chi connectivity index (χ1v) is 30.0. The quantitative estimate of drug-likeness (QED) is 0.132. The largest absolute Gasteiger partial charge is 0.354 e. The lowest BCUT2D eigenvalue weighted by molar-refractivity contribution is -0.374. The third-order valence-electron chi connectivity index (χ3n) is 16.9. The van der Waals surface area contributed by atoms with Crippen molar-refractivity contribution in [3.63, 3.8) is 0 Å². The Morgan fingerprint density at radius 1 is 0.325 bits per heavy atom. The predicted octanol–water partition coefficient (Wildman–Crippen LogP) is 21.3. The van der Waals surface area contributed by atoms with Crippen LogP contribution >= 0.6 is 0 Å². The molecule has 3 aromatic heterocycles. The van der Waals surface area contributed by atoms with Crippen molar-refractivity contribution in [3.8, 4) is 44.5 Å². The lowest BCUT2D eigenvalue weighted by atomic mass is 9.78. The summed E-state index contributed by atoms with van der Waals surface area (Å²) in [5, 5.41) is 14.1. The molecule has 2 aliphatic rings. The third-order valence-corrected chi connectivity index (χ3v) is 16.9. The van der Waals surface area contributed by atoms with E-state index < -0.39 is 0 Å². The minimum Gasteiger partial charge on any atom is -0.354 e. The summed E-state index contributed by atoms with van der Waals surface area (Å²) < 4.78 is 0. The molecular formula is C76H93N5O2. The first kappa shape index (κ1) is 60.5. The molecule has 434 valence electrons. The van der Waals surface area contributed by atoms with Crippen molar-refractivity contribution in [2.45, 2.75) is 209 Å². The van der Waals surface area contributed by atoms with Crippen LogP contribution in [0.5, 0.6) is 0 Å². The molecule has 7 heteroatoms. The summed E-state index contributed by atoms with van der Waals surface area (Å²) in [5.74, 6) is 0. The first-order valence-electron chi connectivity index (χ1n) is 30.0. The Balaban J connectivity index is 1.61. The molecular weight excluding hydrogens is 1010 g/mol. The molecule has 7 nitrogen and oxygen atoms in total. The van der Waals surface area contributed by atoms with Crippen molar-refractivity contribution < 1.29 is 4.92 Å². The summed E-state index contributed by atoms with van der Waals surface area (Å²) >= 11 is 0. The van der Waals surface area contributed by atoms with Gasteiger partial charge < -0.3 is 9.97 Å². The summed E-state index contributed by atoms with van der Waals surface area (Å²) in [7, 11) is 0. The third kappa shape index (κ3) is 12.3. The number of nitrogens with one attached hydrogen (secondary N) is 2. The molecule has 2 N–H and O–H groups in total. The fourth-order valence-electron chi connectivity index (χ4n) is 11.2. The average molecular weight is 1110 g/mol. The van der Waals surface area contributed by atoms with Crippen LogP contribution in [-0.4, -0.2) is 24.9 Å². The van der Waals surface area contributed by atoms with Crippen LogP contribution in [0, 0.1) is 10.1 Å². The number of hydrogen-bond donors (Lipinski definition) is 2. The first-order chi connectivity index (χ1) is 38.0. The van der Waals surface area contributed by atoms with Crippen LogP contribution in [0.4, 0.5) is 0 Å². The maximum absolute atomic E-state index is 14.1. The molecule has 0 radical (unpaired) electrons. The van der Waals surface area contributed by atoms with Gasteiger partial charge in [-0.1, -0.05) is 239 Å². The molecule has 9 rings (SSSR count). The average Bonchev–Trinajstić information content (AvgIpc) is 4.03. The molecule has 0 unspecified atom stereocenters. The van der Waals surface area contributed by atoms with E-state index in [2.05, 4.69) is 285 Å². The zero-order chi connectivity index (χ0) is 61.3. The Bertz CT molecular complexity index is 3870. The van der Waals surface area contributed by atoms with Crippen molar-refractivity contribution in [2.24, 2.45) is 0 Å². The maximum atomic E-state index is 14.1. The van der Waals surface area contributed by atoms with Gasteiger partial charge in [-0.15, -0.1) is 0 Å². The second-order valence-corrected chi connectivity index (χ2v) is 32.1. The maximum Gasteiger partial charge on any atom is 0.297 e. The summed E-state index contributed by atoms with van der Waals surface area (Å²) in [6, 6.07) is 36.2. The lowest BCUT2D eigenvalue weighted by Crippen LogP contribution is -2.16. The van der Waals surface area contributed by atoms with Crippen LogP contribution in [0.3, 0.4) is 0 Å². The van der Waals surface area contributed by atoms with Crippen LogP contribution < -0.4 is 0 Å². The van der Waals surface area contributed by atoms with E-state index in [1.54, 1.807) is 6.08 Å². The molecule has 0 amide bonds. The van der Waals surface area contributed by atoms with E-state index in [0.29, 0.717) is 22.5 Å². The zero-order valence-electron chi connectivity index (χ0n) is 54.6. The van der Waals surface area contributed by atoms with E-state index >= 15 is 0 Å². The highest BCUT2D eigenvalue weighted by Crippen LogP contribution is 2.46. The summed E-state index contributed by atoms with van der Waals surface area (Å²) in [4.78, 5) is 33.3. The SMILES string of the molecule is CC(C)(C)c1cc(-c2c3nc(c(-c4cc(C(C)(C)C)cc(C(C)(C)C)c4)c4ccc([nH]4)c(-c4cc(C(C)(C)C)cc(C(C)(C)C)c4)c4nc(c(-c5cc(C(C)(C)C)cc(C(C)(C)C)c5)c5ccc2[nH]5)C=C4[N+](=O)[O-])C=C3)cc(C(C)(C)C)c1. The van der Waals surface area contributed by atoms with Crippen LogP contribution in [0.25, 0.3) is 90.5 Å². The van der Waals surface area contributed by atoms with Crippen LogP contribution in [-0.2, 0) is 43.3 Å². The second kappa shape index (κ2) is 20.3. The summed E-state index contributed by atoms with van der Waals surface area (Å²) in [6.07, 6.45) is 6.09. The minimum absolute atomic E-state index is 0.0685. The van der Waals surface area contributed by atoms with Crippen LogP contribution in [0.1, 0.15) is 233 Å². The van der Waals surface area contributed by atoms with E-state index in [-0.39, 0.29) is 53.9 Å². The molecule has 7 aromatic rings. The highest BCUT2D eigenvalue weighted by molar-refractivity contribution is 6.01. The van der Waals surface area contributed by atoms with Crippen molar-refractivity contribution in [1.29, 1.82) is 0 Å². The smallest absolute Gasteiger partial charge is 0.297 e. The second-order valence-electron chi connectivity index (χ2n) is 32.1. The molecule has 0 saturated carbocycles. The summed E-state index contributed by atoms with van der Waals surface area (Å²) in [6.45, 7) is 54.2. The number of rotatable bonds is 5. The minimum atomic E-state index is -0.245. The van der Waals surface area contributed by atoms with Crippen LogP contribution in [0.2, 0.25) is 0 Å². The van der Waals surface area contributed by atoms with Gasteiger partial charge in [-0.2, -0.15) is 0 Å². The van der Waals surface area contributed by atoms with Gasteiger partial charge in [0, 0.05) is 50.4 Å². The fourth-order valence-corrected chi connectivity index (χ4v) is 11.2. The number of aromatic amines is 2. The van der Waals surface area contributed by atoms with Gasteiger partial charge in [-0.25, -0.2) is 9.97 Å². The molecule has 5 heterocycles. The van der Waals surface area contributed by atoms with Crippen molar-refractivity contribution >= 4 is 46.0 Å². The van der Waals surface area contributed by atoms with Crippen molar-refractivity contribution in [2.75, 3.05) is 0 Å². The number of nitrogens with zero attached hydrogens (tertiary/aromatic N) is 3. The number of hydrogen-bond acceptors (Lipinski definition) is 4. The standard InChI is InChI=1S/C76H93N5O2/c1-69(2,3)48-31-44(32-49(39-48)70(4,5)6)64-56-25-26-57(77-56)65(45-33-50(71(7,8)9)40-51(34-45)72(10,11)12)59-29-30-61(79-59)67(47-37-54(75(19,20)21)42-55(38-47)76(22,23)24)68-63(81(82)83)43-62(80-68)66(60-28-27-58(64)78-60)46-35-52(73(13,14)15)41-53(36-46)74(16,17)18/h25-43,78-79H,1-24H3. The number of benzene rings is 4. The number of nitro groups is 1. The molecule has 0 saturated heterocycles. The molecule has 0 aliphatic carbocycles. The van der Waals surface area contributed by atoms with Gasteiger partial charge in [0.1, 0.15) is 0 Å². The normalized spacial score (nSPS) is 13.9. The molecule has 2 aliphatic heterocycles. The highest BCUT2D eigenvalue weighted by atomic mass is 16.6. The van der Waals surface area contributed by atoms with E-state index in [1.807, 2.05) is 0 Å². The van der Waals surface area contributed by atoms with Gasteiger partial charge >= 0.3 is 0 Å². The molecule has 8 bridgehead atoms. The Morgan fingerprint density at radius 2 is 0.554 bits per heavy atom. The molecule has 0 fully saturated rings. The number of H-pyrrole nitrogens is 2. The topological polar surface area (TPSA) is 100 Å². The molecule has 0 spiro atoms. The fraction of sp³-hybridized carbons (Fsp3) is 0.421. The predicted molar refractivity (Wildman–Crippen MR) is 356 cm³/mol. The van der Waals surface area contributed by atoms with Gasteiger partial charge in [0.2, 0.25) is 0 Å². The monoisotopic (exact) mass is 1110 g/mol. The molecule has 4 aromatic carbocycles. The van der Waals surface area contributed by atoms with Gasteiger partial charge in [0.05, 0.1) is 22.0 Å². The number of fused-ring (bicyclic) bond motifs is 8. The number of aromatic nitrogens is 4. The summed E-state index contributed by atoms with van der Waals surface area (Å²) in [5.41, 5.74) is 20.7. The van der Waals surface area contributed by atoms with Crippen molar-refractivity contribution in [3.05, 3.63) is 174 Å². The van der Waals surface area contributed by atoms with Gasteiger partial charge in [0.15, 0.2) is 5.69 Å². The Kier molecular flexibility index (Phi) is 14.8. The van der Waals surface area contributed by atoms with E-state index in [1.165, 1.54) is 22.3 Å². The Morgan fingerprint density at radius 3 is 0.795 bits per heavy atom. The van der Waals surface area contributed by atoms with Crippen LogP contribution in [0.15, 0.2) is 97.1 Å². The van der Waals surface area contributed by atoms with Gasteiger partial charge in [-0.3, -0.25) is 10.1 Å².